The minimum atomic E-state index is -0.323. The van der Waals surface area contributed by atoms with Gasteiger partial charge in [-0.2, -0.15) is 0 Å². The van der Waals surface area contributed by atoms with Crippen LogP contribution in [-0.2, 0) is 0 Å². The molecule has 0 aromatic heterocycles. The van der Waals surface area contributed by atoms with Gasteiger partial charge in [-0.25, -0.2) is 4.79 Å². The SMILES string of the molecule is CCCCOc1cccc(NC(=O)NC(CC)CO)c1. The molecule has 20 heavy (non-hydrogen) atoms. The Labute approximate surface area is 120 Å². The first-order valence-corrected chi connectivity index (χ1v) is 7.10. The van der Waals surface area contributed by atoms with Crippen LogP contribution in [0.5, 0.6) is 5.75 Å². The largest absolute Gasteiger partial charge is 0.494 e. The van der Waals surface area contributed by atoms with Crippen LogP contribution in [0.2, 0.25) is 0 Å². The van der Waals surface area contributed by atoms with E-state index in [-0.39, 0.29) is 18.7 Å². The molecule has 0 aliphatic rings. The predicted molar refractivity (Wildman–Crippen MR) is 80.2 cm³/mol. The molecule has 112 valence electrons. The van der Waals surface area contributed by atoms with Crippen LogP contribution in [-0.4, -0.2) is 30.4 Å². The molecule has 3 N–H and O–H groups in total. The highest BCUT2D eigenvalue weighted by Gasteiger charge is 2.09. The average molecular weight is 280 g/mol. The number of rotatable bonds is 8. The van der Waals surface area contributed by atoms with Crippen molar-refractivity contribution in [1.82, 2.24) is 5.32 Å². The number of urea groups is 1. The lowest BCUT2D eigenvalue weighted by Crippen LogP contribution is -2.39. The van der Waals surface area contributed by atoms with Crippen molar-refractivity contribution in [2.45, 2.75) is 39.2 Å². The second kappa shape index (κ2) is 9.20. The van der Waals surface area contributed by atoms with E-state index in [0.717, 1.165) is 18.6 Å². The van der Waals surface area contributed by atoms with Gasteiger partial charge in [0.2, 0.25) is 0 Å². The number of hydrogen-bond donors (Lipinski definition) is 3. The second-order valence-electron chi connectivity index (χ2n) is 4.62. The van der Waals surface area contributed by atoms with Gasteiger partial charge in [-0.15, -0.1) is 0 Å². The van der Waals surface area contributed by atoms with E-state index >= 15 is 0 Å². The quantitative estimate of drug-likeness (QED) is 0.641. The number of carbonyl (C=O) groups is 1. The summed E-state index contributed by atoms with van der Waals surface area (Å²) in [5.74, 6) is 0.741. The summed E-state index contributed by atoms with van der Waals surface area (Å²) >= 11 is 0. The minimum absolute atomic E-state index is 0.0654. The Morgan fingerprint density at radius 3 is 2.85 bits per heavy atom. The molecule has 0 radical (unpaired) electrons. The first-order chi connectivity index (χ1) is 9.69. The fourth-order valence-corrected chi connectivity index (χ4v) is 1.63. The maximum atomic E-state index is 11.7. The maximum Gasteiger partial charge on any atom is 0.319 e. The Kier molecular flexibility index (Phi) is 7.50. The van der Waals surface area contributed by atoms with E-state index in [1.54, 1.807) is 12.1 Å². The van der Waals surface area contributed by atoms with Crippen LogP contribution < -0.4 is 15.4 Å². The molecule has 1 aromatic rings. The second-order valence-corrected chi connectivity index (χ2v) is 4.62. The van der Waals surface area contributed by atoms with Crippen LogP contribution in [0, 0.1) is 0 Å². The molecule has 0 aliphatic carbocycles. The molecule has 0 aliphatic heterocycles. The van der Waals surface area contributed by atoms with Gasteiger partial charge in [0.05, 0.1) is 19.3 Å². The van der Waals surface area contributed by atoms with E-state index in [9.17, 15) is 4.79 Å². The Morgan fingerprint density at radius 1 is 1.40 bits per heavy atom. The van der Waals surface area contributed by atoms with Crippen molar-refractivity contribution < 1.29 is 14.6 Å². The molecule has 0 fully saturated rings. The third-order valence-corrected chi connectivity index (χ3v) is 2.91. The molecular formula is C15H24N2O3. The topological polar surface area (TPSA) is 70.6 Å². The molecule has 5 heteroatoms. The van der Waals surface area contributed by atoms with Gasteiger partial charge in [0.1, 0.15) is 5.75 Å². The third-order valence-electron chi connectivity index (χ3n) is 2.91. The number of nitrogens with one attached hydrogen (secondary N) is 2. The number of amides is 2. The molecule has 0 spiro atoms. The number of benzene rings is 1. The van der Waals surface area contributed by atoms with Gasteiger partial charge in [-0.3, -0.25) is 0 Å². The van der Waals surface area contributed by atoms with Gasteiger partial charge in [-0.1, -0.05) is 26.3 Å². The molecule has 0 bridgehead atoms. The van der Waals surface area contributed by atoms with Crippen molar-refractivity contribution in [3.8, 4) is 5.75 Å². The summed E-state index contributed by atoms with van der Waals surface area (Å²) < 4.78 is 5.58. The van der Waals surface area contributed by atoms with E-state index in [1.807, 2.05) is 19.1 Å². The highest BCUT2D eigenvalue weighted by atomic mass is 16.5. The Balaban J connectivity index is 2.50. The van der Waals surface area contributed by atoms with Gasteiger partial charge in [0.25, 0.3) is 0 Å². The van der Waals surface area contributed by atoms with Crippen LogP contribution in [0.3, 0.4) is 0 Å². The molecule has 1 atom stereocenters. The van der Waals surface area contributed by atoms with E-state index in [2.05, 4.69) is 17.6 Å². The van der Waals surface area contributed by atoms with Crippen molar-refractivity contribution in [1.29, 1.82) is 0 Å². The smallest absolute Gasteiger partial charge is 0.319 e. The van der Waals surface area contributed by atoms with E-state index in [4.69, 9.17) is 9.84 Å². The van der Waals surface area contributed by atoms with Gasteiger partial charge >= 0.3 is 6.03 Å². The number of unbranched alkanes of at least 4 members (excludes halogenated alkanes) is 1. The molecule has 0 saturated carbocycles. The molecule has 1 rings (SSSR count). The van der Waals surface area contributed by atoms with E-state index in [0.29, 0.717) is 18.7 Å². The third kappa shape index (κ3) is 5.93. The highest BCUT2D eigenvalue weighted by Crippen LogP contribution is 2.17. The van der Waals surface area contributed by atoms with Gasteiger partial charge in [0.15, 0.2) is 0 Å². The molecular weight excluding hydrogens is 256 g/mol. The lowest BCUT2D eigenvalue weighted by atomic mass is 10.2. The molecule has 0 saturated heterocycles. The van der Waals surface area contributed by atoms with Crippen LogP contribution in [0.15, 0.2) is 24.3 Å². The van der Waals surface area contributed by atoms with Gasteiger partial charge in [0, 0.05) is 11.8 Å². The molecule has 0 heterocycles. The van der Waals surface area contributed by atoms with Gasteiger partial charge in [-0.05, 0) is 25.0 Å². The normalized spacial score (nSPS) is 11.8. The van der Waals surface area contributed by atoms with Crippen LogP contribution in [0.4, 0.5) is 10.5 Å². The highest BCUT2D eigenvalue weighted by molar-refractivity contribution is 5.89. The van der Waals surface area contributed by atoms with Crippen molar-refractivity contribution in [3.05, 3.63) is 24.3 Å². The van der Waals surface area contributed by atoms with E-state index in [1.165, 1.54) is 0 Å². The molecule has 1 aromatic carbocycles. The fraction of sp³-hybridized carbons (Fsp3) is 0.533. The maximum absolute atomic E-state index is 11.7. The number of hydrogen-bond acceptors (Lipinski definition) is 3. The molecule has 2 amide bonds. The van der Waals surface area contributed by atoms with E-state index < -0.39 is 0 Å². The van der Waals surface area contributed by atoms with Crippen LogP contribution >= 0.6 is 0 Å². The zero-order chi connectivity index (χ0) is 14.8. The van der Waals surface area contributed by atoms with Crippen molar-refractivity contribution in [2.75, 3.05) is 18.5 Å². The summed E-state index contributed by atoms with van der Waals surface area (Å²) in [6.07, 6.45) is 2.77. The minimum Gasteiger partial charge on any atom is -0.494 e. The molecule has 1 unspecified atom stereocenters. The van der Waals surface area contributed by atoms with Crippen molar-refractivity contribution >= 4 is 11.7 Å². The summed E-state index contributed by atoms with van der Waals surface area (Å²) in [7, 11) is 0. The summed E-state index contributed by atoms with van der Waals surface area (Å²) in [4.78, 5) is 11.7. The van der Waals surface area contributed by atoms with Crippen LogP contribution in [0.1, 0.15) is 33.1 Å². The standard InChI is InChI=1S/C15H24N2O3/c1-3-5-9-20-14-8-6-7-13(10-14)17-15(19)16-12(4-2)11-18/h6-8,10,12,18H,3-5,9,11H2,1-2H3,(H2,16,17,19). The first-order valence-electron chi connectivity index (χ1n) is 7.10. The number of aliphatic hydroxyl groups is 1. The fourth-order valence-electron chi connectivity index (χ4n) is 1.63. The monoisotopic (exact) mass is 280 g/mol. The van der Waals surface area contributed by atoms with Crippen molar-refractivity contribution in [2.24, 2.45) is 0 Å². The zero-order valence-corrected chi connectivity index (χ0v) is 12.2. The van der Waals surface area contributed by atoms with Gasteiger partial charge < -0.3 is 20.5 Å². The predicted octanol–water partition coefficient (Wildman–Crippen LogP) is 2.76. The Hall–Kier alpha value is -1.75. The summed E-state index contributed by atoms with van der Waals surface area (Å²) in [6, 6.07) is 6.73. The summed E-state index contributed by atoms with van der Waals surface area (Å²) in [6.45, 7) is 4.62. The lowest BCUT2D eigenvalue weighted by Gasteiger charge is -2.15. The number of ether oxygens (including phenoxy) is 1. The summed E-state index contributed by atoms with van der Waals surface area (Å²) in [5.41, 5.74) is 0.671. The average Bonchev–Trinajstić information content (AvgIpc) is 2.45. The lowest BCUT2D eigenvalue weighted by molar-refractivity contribution is 0.222. The molecule has 5 nitrogen and oxygen atoms in total. The number of aliphatic hydroxyl groups excluding tert-OH is 1. The number of carbonyl (C=O) groups excluding carboxylic acids is 1. The van der Waals surface area contributed by atoms with Crippen molar-refractivity contribution in [3.63, 3.8) is 0 Å². The number of anilines is 1. The summed E-state index contributed by atoms with van der Waals surface area (Å²) in [5, 5.41) is 14.5. The Morgan fingerprint density at radius 2 is 2.20 bits per heavy atom. The zero-order valence-electron chi connectivity index (χ0n) is 12.2. The Bertz CT molecular complexity index is 406. The first kappa shape index (κ1) is 16.3. The van der Waals surface area contributed by atoms with Crippen LogP contribution in [0.25, 0.3) is 0 Å².